The normalized spacial score (nSPS) is 16.4. The van der Waals surface area contributed by atoms with Crippen molar-refractivity contribution in [3.05, 3.63) is 28.3 Å². The summed E-state index contributed by atoms with van der Waals surface area (Å²) in [5.41, 5.74) is 0.954. The van der Waals surface area contributed by atoms with Crippen LogP contribution in [0.4, 0.5) is 11.4 Å². The van der Waals surface area contributed by atoms with E-state index in [0.717, 1.165) is 31.6 Å². The van der Waals surface area contributed by atoms with E-state index in [9.17, 15) is 10.1 Å². The summed E-state index contributed by atoms with van der Waals surface area (Å²) in [4.78, 5) is 12.5. The van der Waals surface area contributed by atoms with Gasteiger partial charge in [0, 0.05) is 26.3 Å². The number of non-ortho nitro benzene ring substituents is 1. The van der Waals surface area contributed by atoms with Gasteiger partial charge in [0.1, 0.15) is 5.75 Å². The third-order valence-electron chi connectivity index (χ3n) is 3.49. The van der Waals surface area contributed by atoms with Crippen LogP contribution in [0.1, 0.15) is 12.8 Å². The van der Waals surface area contributed by atoms with Crippen molar-refractivity contribution >= 4 is 11.4 Å². The smallest absolute Gasteiger partial charge is 0.273 e. The Labute approximate surface area is 112 Å². The molecule has 0 amide bonds. The van der Waals surface area contributed by atoms with Crippen LogP contribution in [-0.2, 0) is 4.74 Å². The minimum Gasteiger partial charge on any atom is -0.494 e. The van der Waals surface area contributed by atoms with Gasteiger partial charge >= 0.3 is 0 Å². The highest BCUT2D eigenvalue weighted by atomic mass is 16.6. The molecule has 19 heavy (non-hydrogen) atoms. The molecule has 1 fully saturated rings. The van der Waals surface area contributed by atoms with Crippen LogP contribution in [0.25, 0.3) is 0 Å². The Morgan fingerprint density at radius 2 is 2.00 bits per heavy atom. The molecule has 104 valence electrons. The molecule has 2 rings (SSSR count). The van der Waals surface area contributed by atoms with Crippen molar-refractivity contribution in [1.82, 2.24) is 0 Å². The van der Waals surface area contributed by atoms with Crippen molar-refractivity contribution in [3.8, 4) is 5.75 Å². The highest BCUT2D eigenvalue weighted by Gasteiger charge is 2.22. The lowest BCUT2D eigenvalue weighted by Gasteiger charge is -2.33. The lowest BCUT2D eigenvalue weighted by molar-refractivity contribution is -0.384. The number of hydrogen-bond donors (Lipinski definition) is 0. The molecule has 0 aliphatic carbocycles. The lowest BCUT2D eigenvalue weighted by atomic mass is 10.1. The SMILES string of the molecule is COc1cc([N+](=O)[O-])ccc1N1CCC(OC)CC1. The Morgan fingerprint density at radius 1 is 1.32 bits per heavy atom. The molecule has 0 aromatic heterocycles. The zero-order valence-corrected chi connectivity index (χ0v) is 11.2. The summed E-state index contributed by atoms with van der Waals surface area (Å²) in [7, 11) is 3.26. The summed E-state index contributed by atoms with van der Waals surface area (Å²) in [5, 5.41) is 10.8. The fourth-order valence-corrected chi connectivity index (χ4v) is 2.37. The fourth-order valence-electron chi connectivity index (χ4n) is 2.37. The van der Waals surface area contributed by atoms with E-state index >= 15 is 0 Å². The number of hydrogen-bond acceptors (Lipinski definition) is 5. The highest BCUT2D eigenvalue weighted by molar-refractivity contribution is 5.62. The Hall–Kier alpha value is -1.82. The molecule has 1 aromatic rings. The van der Waals surface area contributed by atoms with Gasteiger partial charge in [-0.1, -0.05) is 0 Å². The summed E-state index contributed by atoms with van der Waals surface area (Å²) >= 11 is 0. The van der Waals surface area contributed by atoms with E-state index in [1.807, 2.05) is 0 Å². The van der Waals surface area contributed by atoms with Crippen molar-refractivity contribution in [1.29, 1.82) is 0 Å². The van der Waals surface area contributed by atoms with E-state index < -0.39 is 4.92 Å². The second kappa shape index (κ2) is 5.88. The second-order valence-electron chi connectivity index (χ2n) is 4.54. The van der Waals surface area contributed by atoms with Gasteiger partial charge in [-0.2, -0.15) is 0 Å². The Bertz CT molecular complexity index is 456. The maximum absolute atomic E-state index is 10.8. The summed E-state index contributed by atoms with van der Waals surface area (Å²) in [6, 6.07) is 4.74. The molecule has 1 heterocycles. The monoisotopic (exact) mass is 266 g/mol. The number of nitro groups is 1. The molecule has 1 aliphatic rings. The molecule has 0 radical (unpaired) electrons. The third-order valence-corrected chi connectivity index (χ3v) is 3.49. The number of methoxy groups -OCH3 is 2. The van der Waals surface area contributed by atoms with Gasteiger partial charge < -0.3 is 14.4 Å². The van der Waals surface area contributed by atoms with Gasteiger partial charge in [-0.05, 0) is 18.9 Å². The summed E-state index contributed by atoms with van der Waals surface area (Å²) in [6.45, 7) is 1.74. The predicted octanol–water partition coefficient (Wildman–Crippen LogP) is 2.22. The molecule has 6 heteroatoms. The van der Waals surface area contributed by atoms with Gasteiger partial charge in [0.05, 0.1) is 29.9 Å². The van der Waals surface area contributed by atoms with Crippen molar-refractivity contribution in [2.75, 3.05) is 32.2 Å². The summed E-state index contributed by atoms with van der Waals surface area (Å²) in [5.74, 6) is 0.546. The standard InChI is InChI=1S/C13H18N2O4/c1-18-11-5-7-14(8-6-11)12-4-3-10(15(16)17)9-13(12)19-2/h3-4,9,11H,5-8H2,1-2H3. The third kappa shape index (κ3) is 2.96. The Balaban J connectivity index is 2.18. The first-order valence-corrected chi connectivity index (χ1v) is 6.26. The predicted molar refractivity (Wildman–Crippen MR) is 71.9 cm³/mol. The first-order chi connectivity index (χ1) is 9.15. The van der Waals surface area contributed by atoms with Crippen molar-refractivity contribution in [2.24, 2.45) is 0 Å². The van der Waals surface area contributed by atoms with Crippen LogP contribution in [0.2, 0.25) is 0 Å². The number of benzene rings is 1. The fraction of sp³-hybridized carbons (Fsp3) is 0.538. The highest BCUT2D eigenvalue weighted by Crippen LogP contribution is 2.33. The molecule has 0 bridgehead atoms. The van der Waals surface area contributed by atoms with E-state index in [2.05, 4.69) is 4.90 Å². The van der Waals surface area contributed by atoms with E-state index in [1.54, 1.807) is 13.2 Å². The van der Waals surface area contributed by atoms with Crippen molar-refractivity contribution in [2.45, 2.75) is 18.9 Å². The van der Waals surface area contributed by atoms with Crippen LogP contribution in [0.5, 0.6) is 5.75 Å². The molecule has 1 aromatic carbocycles. The molecule has 0 atom stereocenters. The van der Waals surface area contributed by atoms with Crippen LogP contribution in [-0.4, -0.2) is 38.3 Å². The van der Waals surface area contributed by atoms with E-state index in [0.29, 0.717) is 11.9 Å². The molecule has 1 saturated heterocycles. The molecule has 0 unspecified atom stereocenters. The van der Waals surface area contributed by atoms with Gasteiger partial charge in [0.15, 0.2) is 0 Å². The maximum Gasteiger partial charge on any atom is 0.273 e. The van der Waals surface area contributed by atoms with Crippen LogP contribution >= 0.6 is 0 Å². The minimum absolute atomic E-state index is 0.0485. The lowest BCUT2D eigenvalue weighted by Crippen LogP contribution is -2.36. The van der Waals surface area contributed by atoms with E-state index in [1.165, 1.54) is 19.2 Å². The number of anilines is 1. The van der Waals surface area contributed by atoms with Crippen LogP contribution in [0, 0.1) is 10.1 Å². The average Bonchev–Trinajstić information content (AvgIpc) is 2.46. The van der Waals surface area contributed by atoms with Crippen molar-refractivity contribution in [3.63, 3.8) is 0 Å². The molecule has 0 spiro atoms. The molecule has 0 saturated carbocycles. The number of nitro benzene ring substituents is 1. The van der Waals surface area contributed by atoms with Gasteiger partial charge in [-0.15, -0.1) is 0 Å². The number of ether oxygens (including phenoxy) is 2. The molecule has 1 aliphatic heterocycles. The van der Waals surface area contributed by atoms with Gasteiger partial charge in [0.2, 0.25) is 0 Å². The Kier molecular flexibility index (Phi) is 4.21. The molecular formula is C13H18N2O4. The minimum atomic E-state index is -0.413. The largest absolute Gasteiger partial charge is 0.494 e. The number of piperidine rings is 1. The zero-order chi connectivity index (χ0) is 13.8. The van der Waals surface area contributed by atoms with Gasteiger partial charge in [0.25, 0.3) is 5.69 Å². The zero-order valence-electron chi connectivity index (χ0n) is 11.2. The van der Waals surface area contributed by atoms with Gasteiger partial charge in [-0.25, -0.2) is 0 Å². The molecular weight excluding hydrogens is 248 g/mol. The van der Waals surface area contributed by atoms with Gasteiger partial charge in [-0.3, -0.25) is 10.1 Å². The van der Waals surface area contributed by atoms with Crippen LogP contribution in [0.3, 0.4) is 0 Å². The Morgan fingerprint density at radius 3 is 2.53 bits per heavy atom. The summed E-state index contributed by atoms with van der Waals surface area (Å²) < 4.78 is 10.6. The average molecular weight is 266 g/mol. The maximum atomic E-state index is 10.8. The summed E-state index contributed by atoms with van der Waals surface area (Å²) in [6.07, 6.45) is 2.22. The topological polar surface area (TPSA) is 64.8 Å². The molecule has 6 nitrogen and oxygen atoms in total. The second-order valence-corrected chi connectivity index (χ2v) is 4.54. The number of rotatable bonds is 4. The van der Waals surface area contributed by atoms with E-state index in [4.69, 9.17) is 9.47 Å². The van der Waals surface area contributed by atoms with Crippen LogP contribution in [0.15, 0.2) is 18.2 Å². The van der Waals surface area contributed by atoms with Crippen molar-refractivity contribution < 1.29 is 14.4 Å². The van der Waals surface area contributed by atoms with Crippen LogP contribution < -0.4 is 9.64 Å². The van der Waals surface area contributed by atoms with E-state index in [-0.39, 0.29) is 5.69 Å². The quantitative estimate of drug-likeness (QED) is 0.617. The first kappa shape index (κ1) is 13.6. The molecule has 0 N–H and O–H groups in total. The first-order valence-electron chi connectivity index (χ1n) is 6.26. The number of nitrogens with zero attached hydrogens (tertiary/aromatic N) is 2.